The van der Waals surface area contributed by atoms with Gasteiger partial charge in [0.05, 0.1) is 18.9 Å². The third-order valence-corrected chi connectivity index (χ3v) is 1.88. The molecule has 0 aliphatic rings. The van der Waals surface area contributed by atoms with E-state index >= 15 is 0 Å². The molecule has 0 spiro atoms. The van der Waals surface area contributed by atoms with Crippen LogP contribution in [0, 0.1) is 0 Å². The first-order valence-corrected chi connectivity index (χ1v) is 4.70. The van der Waals surface area contributed by atoms with Crippen LogP contribution >= 0.6 is 0 Å². The second kappa shape index (κ2) is 4.53. The van der Waals surface area contributed by atoms with Crippen LogP contribution in [-0.4, -0.2) is 37.6 Å². The van der Waals surface area contributed by atoms with Gasteiger partial charge in [0.25, 0.3) is 5.91 Å². The lowest BCUT2D eigenvalue weighted by Crippen LogP contribution is -2.13. The Labute approximate surface area is 90.8 Å². The molecule has 8 heteroatoms. The normalized spacial score (nSPS) is 10.3. The summed E-state index contributed by atoms with van der Waals surface area (Å²) in [6.45, 7) is 0.981. The average Bonchev–Trinajstić information content (AvgIpc) is 2.89. The molecule has 16 heavy (non-hydrogen) atoms. The first kappa shape index (κ1) is 10.3. The Kier molecular flexibility index (Phi) is 2.92. The fraction of sp³-hybridized carbons (Fsp3) is 0.250. The molecule has 0 unspecified atom stereocenters. The van der Waals surface area contributed by atoms with Crippen molar-refractivity contribution in [2.24, 2.45) is 5.73 Å². The highest BCUT2D eigenvalue weighted by molar-refractivity contribution is 6.01. The molecule has 8 nitrogen and oxygen atoms in total. The number of nitrogens with one attached hydrogen (secondary N) is 2. The molecule has 0 fully saturated rings. The molecule has 2 heterocycles. The molecule has 0 aromatic carbocycles. The summed E-state index contributed by atoms with van der Waals surface area (Å²) in [5.41, 5.74) is 5.59. The van der Waals surface area contributed by atoms with Gasteiger partial charge >= 0.3 is 0 Å². The first-order valence-electron chi connectivity index (χ1n) is 4.70. The molecule has 4 N–H and O–H groups in total. The number of H-pyrrole nitrogens is 1. The number of carbonyl (C=O) groups is 1. The minimum absolute atomic E-state index is 0.239. The first-order chi connectivity index (χ1) is 7.79. The Balaban J connectivity index is 2.03. The van der Waals surface area contributed by atoms with Crippen LogP contribution in [0.25, 0.3) is 0 Å². The number of carbonyl (C=O) groups excluding carboxylic acids is 1. The standard InChI is InChI=1S/C8H11N7O/c9-2-4-15-5-6(12-14-15)8(16)11-7-1-3-10-13-7/h1,3,5H,2,4,9H2,(H2,10,11,13,16). The predicted molar refractivity (Wildman–Crippen MR) is 55.6 cm³/mol. The van der Waals surface area contributed by atoms with Crippen molar-refractivity contribution in [3.05, 3.63) is 24.2 Å². The summed E-state index contributed by atoms with van der Waals surface area (Å²) in [4.78, 5) is 11.6. The fourth-order valence-corrected chi connectivity index (χ4v) is 1.16. The third kappa shape index (κ3) is 2.23. The second-order valence-electron chi connectivity index (χ2n) is 3.08. The maximum Gasteiger partial charge on any atom is 0.278 e. The lowest BCUT2D eigenvalue weighted by atomic mass is 10.4. The van der Waals surface area contributed by atoms with Crippen molar-refractivity contribution >= 4 is 11.7 Å². The summed E-state index contributed by atoms with van der Waals surface area (Å²) in [5.74, 6) is 0.172. The number of nitrogens with zero attached hydrogens (tertiary/aromatic N) is 4. The molecular weight excluding hydrogens is 210 g/mol. The minimum atomic E-state index is -0.340. The van der Waals surface area contributed by atoms with Crippen LogP contribution in [0.5, 0.6) is 0 Å². The van der Waals surface area contributed by atoms with Gasteiger partial charge in [-0.05, 0) is 0 Å². The molecule has 1 amide bonds. The highest BCUT2D eigenvalue weighted by Gasteiger charge is 2.10. The van der Waals surface area contributed by atoms with Gasteiger partial charge < -0.3 is 11.1 Å². The summed E-state index contributed by atoms with van der Waals surface area (Å²) in [7, 11) is 0. The molecule has 2 aromatic heterocycles. The molecule has 0 saturated carbocycles. The van der Waals surface area contributed by atoms with Crippen molar-refractivity contribution in [3.63, 3.8) is 0 Å². The zero-order chi connectivity index (χ0) is 11.4. The van der Waals surface area contributed by atoms with Crippen molar-refractivity contribution in [1.29, 1.82) is 0 Å². The van der Waals surface area contributed by atoms with Gasteiger partial charge in [0.2, 0.25) is 0 Å². The van der Waals surface area contributed by atoms with E-state index in [0.29, 0.717) is 18.9 Å². The topological polar surface area (TPSA) is 115 Å². The molecule has 0 radical (unpaired) electrons. The van der Waals surface area contributed by atoms with Crippen LogP contribution in [0.15, 0.2) is 18.5 Å². The van der Waals surface area contributed by atoms with E-state index in [0.717, 1.165) is 0 Å². The maximum atomic E-state index is 11.6. The largest absolute Gasteiger partial charge is 0.329 e. The van der Waals surface area contributed by atoms with E-state index in [-0.39, 0.29) is 11.6 Å². The molecule has 0 aliphatic carbocycles. The van der Waals surface area contributed by atoms with Crippen LogP contribution in [0.4, 0.5) is 5.82 Å². The number of nitrogens with two attached hydrogens (primary N) is 1. The lowest BCUT2D eigenvalue weighted by Gasteiger charge is -1.97. The zero-order valence-electron chi connectivity index (χ0n) is 8.42. The molecule has 0 aliphatic heterocycles. The van der Waals surface area contributed by atoms with Crippen molar-refractivity contribution in [2.45, 2.75) is 6.54 Å². The highest BCUT2D eigenvalue weighted by atomic mass is 16.2. The van der Waals surface area contributed by atoms with Crippen LogP contribution in [0.2, 0.25) is 0 Å². The Hall–Kier alpha value is -2.22. The van der Waals surface area contributed by atoms with E-state index in [9.17, 15) is 4.79 Å². The average molecular weight is 221 g/mol. The molecular formula is C8H11N7O. The van der Waals surface area contributed by atoms with Gasteiger partial charge in [-0.25, -0.2) is 0 Å². The van der Waals surface area contributed by atoms with Gasteiger partial charge in [-0.3, -0.25) is 14.6 Å². The monoisotopic (exact) mass is 221 g/mol. The van der Waals surface area contributed by atoms with Gasteiger partial charge in [0.15, 0.2) is 5.69 Å². The molecule has 0 saturated heterocycles. The summed E-state index contributed by atoms with van der Waals surface area (Å²) in [6.07, 6.45) is 3.08. The highest BCUT2D eigenvalue weighted by Crippen LogP contribution is 2.02. The van der Waals surface area contributed by atoms with Crippen LogP contribution < -0.4 is 11.1 Å². The minimum Gasteiger partial charge on any atom is -0.329 e. The summed E-state index contributed by atoms with van der Waals surface area (Å²) < 4.78 is 1.52. The van der Waals surface area contributed by atoms with Crippen molar-refractivity contribution in [2.75, 3.05) is 11.9 Å². The van der Waals surface area contributed by atoms with Crippen molar-refractivity contribution < 1.29 is 4.79 Å². The molecule has 84 valence electrons. The molecule has 2 aromatic rings. The van der Waals surface area contributed by atoms with Crippen LogP contribution in [-0.2, 0) is 6.54 Å². The van der Waals surface area contributed by atoms with E-state index in [1.54, 1.807) is 18.5 Å². The van der Waals surface area contributed by atoms with Crippen LogP contribution in [0.1, 0.15) is 10.5 Å². The van der Waals surface area contributed by atoms with Gasteiger partial charge in [0.1, 0.15) is 5.82 Å². The SMILES string of the molecule is NCCn1cc(C(=O)Nc2ccn[nH]2)nn1. The van der Waals surface area contributed by atoms with Gasteiger partial charge in [0, 0.05) is 12.6 Å². The Bertz CT molecular complexity index is 460. The number of amides is 1. The quantitative estimate of drug-likeness (QED) is 0.626. The number of aromatic nitrogens is 5. The van der Waals surface area contributed by atoms with Crippen LogP contribution in [0.3, 0.4) is 0 Å². The Morgan fingerprint density at radius 2 is 2.50 bits per heavy atom. The molecule has 0 atom stereocenters. The predicted octanol–water partition coefficient (Wildman–Crippen LogP) is -0.788. The smallest absolute Gasteiger partial charge is 0.278 e. The Morgan fingerprint density at radius 3 is 3.19 bits per heavy atom. The third-order valence-electron chi connectivity index (χ3n) is 1.88. The van der Waals surface area contributed by atoms with Crippen molar-refractivity contribution in [1.82, 2.24) is 25.2 Å². The lowest BCUT2D eigenvalue weighted by molar-refractivity contribution is 0.102. The molecule has 2 rings (SSSR count). The van der Waals surface area contributed by atoms with Gasteiger partial charge in [-0.2, -0.15) is 5.10 Å². The number of rotatable bonds is 4. The number of aromatic amines is 1. The number of hydrogen-bond donors (Lipinski definition) is 3. The summed E-state index contributed by atoms with van der Waals surface area (Å²) in [6, 6.07) is 1.64. The van der Waals surface area contributed by atoms with E-state index in [1.165, 1.54) is 4.68 Å². The zero-order valence-corrected chi connectivity index (χ0v) is 8.42. The fourth-order valence-electron chi connectivity index (χ4n) is 1.16. The second-order valence-corrected chi connectivity index (χ2v) is 3.08. The van der Waals surface area contributed by atoms with E-state index in [2.05, 4.69) is 25.8 Å². The van der Waals surface area contributed by atoms with E-state index in [4.69, 9.17) is 5.73 Å². The number of anilines is 1. The van der Waals surface area contributed by atoms with Gasteiger partial charge in [-0.15, -0.1) is 5.10 Å². The summed E-state index contributed by atoms with van der Waals surface area (Å²) >= 11 is 0. The van der Waals surface area contributed by atoms with Gasteiger partial charge in [-0.1, -0.05) is 5.21 Å². The maximum absolute atomic E-state index is 11.6. The Morgan fingerprint density at radius 1 is 1.62 bits per heavy atom. The number of hydrogen-bond acceptors (Lipinski definition) is 5. The van der Waals surface area contributed by atoms with E-state index < -0.39 is 0 Å². The summed E-state index contributed by atoms with van der Waals surface area (Å²) in [5, 5.41) is 16.4. The van der Waals surface area contributed by atoms with E-state index in [1.807, 2.05) is 0 Å². The molecule has 0 bridgehead atoms. The van der Waals surface area contributed by atoms with Crippen molar-refractivity contribution in [3.8, 4) is 0 Å².